The first-order valence-corrected chi connectivity index (χ1v) is 11.5. The number of hydrogen-bond acceptors (Lipinski definition) is 7. The minimum atomic E-state index is -5.78. The van der Waals surface area contributed by atoms with Gasteiger partial charge in [-0.1, -0.05) is 13.0 Å². The average molecular weight is 488 g/mol. The van der Waals surface area contributed by atoms with Gasteiger partial charge < -0.3 is 24.3 Å². The maximum Gasteiger partial charge on any atom is 0.534 e. The quantitative estimate of drug-likeness (QED) is 0.318. The second-order valence-electron chi connectivity index (χ2n) is 7.13. The van der Waals surface area contributed by atoms with Gasteiger partial charge in [-0.05, 0) is 42.9 Å². The Morgan fingerprint density at radius 1 is 1.18 bits per heavy atom. The minimum absolute atomic E-state index is 0.118. The van der Waals surface area contributed by atoms with E-state index < -0.39 is 27.3 Å². The van der Waals surface area contributed by atoms with Gasteiger partial charge in [0, 0.05) is 24.1 Å². The molecule has 0 aliphatic carbocycles. The Morgan fingerprint density at radius 2 is 1.91 bits per heavy atom. The molecule has 0 bridgehead atoms. The number of rotatable bonds is 9. The van der Waals surface area contributed by atoms with Gasteiger partial charge in [0.15, 0.2) is 0 Å². The maximum atomic E-state index is 12.6. The summed E-state index contributed by atoms with van der Waals surface area (Å²) < 4.78 is 75.0. The largest absolute Gasteiger partial charge is 0.534 e. The van der Waals surface area contributed by atoms with Crippen LogP contribution in [-0.4, -0.2) is 52.2 Å². The van der Waals surface area contributed by atoms with E-state index in [9.17, 15) is 26.4 Å². The van der Waals surface area contributed by atoms with Crippen LogP contribution in [0.15, 0.2) is 42.5 Å². The third-order valence-corrected chi connectivity index (χ3v) is 5.69. The van der Waals surface area contributed by atoms with Gasteiger partial charge in [0.05, 0.1) is 6.04 Å². The highest BCUT2D eigenvalue weighted by molar-refractivity contribution is 7.88. The first kappa shape index (κ1) is 24.6. The van der Waals surface area contributed by atoms with Crippen LogP contribution in [0.5, 0.6) is 17.2 Å². The number of benzene rings is 2. The molecule has 3 rings (SSSR count). The maximum absolute atomic E-state index is 12.6. The Hall–Kier alpha value is -2.99. The lowest BCUT2D eigenvalue weighted by Crippen LogP contribution is -2.42. The van der Waals surface area contributed by atoms with E-state index in [0.29, 0.717) is 31.1 Å². The fraction of sp³-hybridized carbons (Fsp3) is 0.381. The first-order valence-electron chi connectivity index (χ1n) is 10.1. The van der Waals surface area contributed by atoms with Crippen LogP contribution >= 0.6 is 0 Å². The summed E-state index contributed by atoms with van der Waals surface area (Å²) in [7, 11) is -5.78. The van der Waals surface area contributed by atoms with Crippen LogP contribution in [0.3, 0.4) is 0 Å². The molecule has 0 saturated heterocycles. The number of hydrogen-bond donors (Lipinski definition) is 2. The van der Waals surface area contributed by atoms with Gasteiger partial charge in [0.2, 0.25) is 0 Å². The summed E-state index contributed by atoms with van der Waals surface area (Å²) in [5.74, 6) is 0.284. The van der Waals surface area contributed by atoms with Crippen LogP contribution in [0.4, 0.5) is 13.2 Å². The number of amides is 1. The van der Waals surface area contributed by atoms with Crippen LogP contribution in [-0.2, 0) is 16.5 Å². The van der Waals surface area contributed by atoms with E-state index in [1.807, 2.05) is 25.1 Å². The van der Waals surface area contributed by atoms with Gasteiger partial charge in [0.25, 0.3) is 5.91 Å². The summed E-state index contributed by atoms with van der Waals surface area (Å²) in [5.41, 5.74) is -4.60. The van der Waals surface area contributed by atoms with Crippen molar-refractivity contribution in [2.75, 3.05) is 26.3 Å². The van der Waals surface area contributed by atoms with Gasteiger partial charge >= 0.3 is 15.6 Å². The van der Waals surface area contributed by atoms with E-state index in [2.05, 4.69) is 14.8 Å². The highest BCUT2D eigenvalue weighted by atomic mass is 32.2. The summed E-state index contributed by atoms with van der Waals surface area (Å²) in [5, 5.41) is 5.96. The summed E-state index contributed by atoms with van der Waals surface area (Å²) in [4.78, 5) is 12.6. The molecule has 1 aliphatic rings. The van der Waals surface area contributed by atoms with E-state index in [1.165, 1.54) is 12.1 Å². The molecule has 1 heterocycles. The predicted molar refractivity (Wildman–Crippen MR) is 113 cm³/mol. The van der Waals surface area contributed by atoms with Crippen molar-refractivity contribution in [3.8, 4) is 17.2 Å². The molecule has 0 fully saturated rings. The molecule has 0 unspecified atom stereocenters. The zero-order valence-corrected chi connectivity index (χ0v) is 18.5. The second-order valence-corrected chi connectivity index (χ2v) is 8.67. The van der Waals surface area contributed by atoms with Crippen molar-refractivity contribution < 1.29 is 40.0 Å². The Kier molecular flexibility index (Phi) is 7.69. The molecule has 8 nitrogen and oxygen atoms in total. The number of likely N-dealkylation sites (N-methyl/N-ethyl adjacent to an activating group) is 1. The van der Waals surface area contributed by atoms with Crippen molar-refractivity contribution in [2.24, 2.45) is 0 Å². The Balaban J connectivity index is 1.62. The van der Waals surface area contributed by atoms with Gasteiger partial charge in [0.1, 0.15) is 30.5 Å². The normalized spacial score (nSPS) is 15.8. The van der Waals surface area contributed by atoms with Crippen molar-refractivity contribution in [3.05, 3.63) is 53.6 Å². The number of halogens is 3. The lowest BCUT2D eigenvalue weighted by Gasteiger charge is -2.27. The van der Waals surface area contributed by atoms with E-state index in [1.54, 1.807) is 0 Å². The fourth-order valence-electron chi connectivity index (χ4n) is 3.12. The molecule has 0 spiro atoms. The molecule has 180 valence electrons. The number of nitrogens with one attached hydrogen (secondary N) is 2. The molecule has 1 atom stereocenters. The van der Waals surface area contributed by atoms with E-state index in [0.717, 1.165) is 24.2 Å². The number of alkyl halides is 3. The molecule has 1 aliphatic heterocycles. The van der Waals surface area contributed by atoms with Crippen molar-refractivity contribution >= 4 is 16.0 Å². The fourth-order valence-corrected chi connectivity index (χ4v) is 3.58. The van der Waals surface area contributed by atoms with Crippen molar-refractivity contribution in [2.45, 2.75) is 24.9 Å². The van der Waals surface area contributed by atoms with Crippen molar-refractivity contribution in [3.63, 3.8) is 0 Å². The highest BCUT2D eigenvalue weighted by Crippen LogP contribution is 2.33. The molecule has 33 heavy (non-hydrogen) atoms. The molecule has 0 radical (unpaired) electrons. The topological polar surface area (TPSA) is 103 Å². The SMILES string of the molecule is CCNCCOc1cccc2c1C[C@H](NC(=O)c1ccc(OS(=O)(=O)C(F)(F)F)cc1)CO2. The lowest BCUT2D eigenvalue weighted by molar-refractivity contribution is -0.0500. The molecular weight excluding hydrogens is 465 g/mol. The summed E-state index contributed by atoms with van der Waals surface area (Å²) in [6.45, 7) is 4.21. The summed E-state index contributed by atoms with van der Waals surface area (Å²) in [6.07, 6.45) is 0.462. The molecule has 2 aromatic rings. The molecule has 1 amide bonds. The summed E-state index contributed by atoms with van der Waals surface area (Å²) in [6, 6.07) is 9.38. The van der Waals surface area contributed by atoms with Crippen LogP contribution < -0.4 is 24.3 Å². The second kappa shape index (κ2) is 10.3. The Morgan fingerprint density at radius 3 is 2.58 bits per heavy atom. The van der Waals surface area contributed by atoms with E-state index >= 15 is 0 Å². The third kappa shape index (κ3) is 6.29. The van der Waals surface area contributed by atoms with Crippen molar-refractivity contribution in [1.29, 1.82) is 0 Å². The van der Waals surface area contributed by atoms with Gasteiger partial charge in [-0.25, -0.2) is 0 Å². The number of ether oxygens (including phenoxy) is 2. The number of fused-ring (bicyclic) bond motifs is 1. The van der Waals surface area contributed by atoms with Crippen molar-refractivity contribution in [1.82, 2.24) is 10.6 Å². The average Bonchev–Trinajstić information content (AvgIpc) is 2.76. The van der Waals surface area contributed by atoms with Gasteiger partial charge in [-0.2, -0.15) is 21.6 Å². The predicted octanol–water partition coefficient (Wildman–Crippen LogP) is 2.64. The Bertz CT molecular complexity index is 1070. The third-order valence-electron chi connectivity index (χ3n) is 4.71. The molecule has 0 saturated carbocycles. The summed E-state index contributed by atoms with van der Waals surface area (Å²) >= 11 is 0. The standard InChI is InChI=1S/C21H23F3N2O6S/c1-2-25-10-11-30-18-4-3-5-19-17(18)12-15(13-31-19)26-20(27)14-6-8-16(9-7-14)32-33(28,29)21(22,23)24/h3-9,15,25H,2,10-13H2,1H3,(H,26,27)/t15-/m0/s1. The first-order chi connectivity index (χ1) is 15.6. The molecule has 12 heteroatoms. The molecule has 2 aromatic carbocycles. The van der Waals surface area contributed by atoms with Crippen LogP contribution in [0.1, 0.15) is 22.8 Å². The lowest BCUT2D eigenvalue weighted by atomic mass is 10.0. The zero-order chi connectivity index (χ0) is 24.1. The van der Waals surface area contributed by atoms with E-state index in [-0.39, 0.29) is 18.2 Å². The van der Waals surface area contributed by atoms with Crippen LogP contribution in [0.25, 0.3) is 0 Å². The highest BCUT2D eigenvalue weighted by Gasteiger charge is 2.48. The minimum Gasteiger partial charge on any atom is -0.492 e. The van der Waals surface area contributed by atoms with Crippen LogP contribution in [0.2, 0.25) is 0 Å². The molecular formula is C21H23F3N2O6S. The van der Waals surface area contributed by atoms with Gasteiger partial charge in [-0.3, -0.25) is 4.79 Å². The van der Waals surface area contributed by atoms with Gasteiger partial charge in [-0.15, -0.1) is 0 Å². The van der Waals surface area contributed by atoms with Crippen LogP contribution in [0, 0.1) is 0 Å². The molecule has 2 N–H and O–H groups in total. The van der Waals surface area contributed by atoms with E-state index in [4.69, 9.17) is 9.47 Å². The zero-order valence-electron chi connectivity index (χ0n) is 17.6. The number of carbonyl (C=O) groups is 1. The smallest absolute Gasteiger partial charge is 0.492 e. The number of carbonyl (C=O) groups excluding carboxylic acids is 1. The monoisotopic (exact) mass is 488 g/mol. The Labute approximate surface area is 189 Å². The molecule has 0 aromatic heterocycles.